The van der Waals surface area contributed by atoms with Crippen molar-refractivity contribution in [3.05, 3.63) is 29.8 Å². The van der Waals surface area contributed by atoms with Crippen LogP contribution in [-0.2, 0) is 0 Å². The number of hydrogen-bond acceptors (Lipinski definition) is 3. The first kappa shape index (κ1) is 12.7. The fourth-order valence-corrected chi connectivity index (χ4v) is 2.77. The smallest absolute Gasteiger partial charge is 0.170 e. The summed E-state index contributed by atoms with van der Waals surface area (Å²) < 4.78 is 0. The highest BCUT2D eigenvalue weighted by molar-refractivity contribution is 5.97. The van der Waals surface area contributed by atoms with E-state index in [1.165, 1.54) is 12.1 Å². The maximum Gasteiger partial charge on any atom is 0.170 e. The van der Waals surface area contributed by atoms with Crippen LogP contribution in [0.4, 0.5) is 5.69 Å². The normalized spacial score (nSPS) is 25.2. The Bertz CT molecular complexity index is 417. The molecule has 0 radical (unpaired) electrons. The number of nitrogens with two attached hydrogens (primary N) is 1. The van der Waals surface area contributed by atoms with Gasteiger partial charge in [0.2, 0.25) is 0 Å². The van der Waals surface area contributed by atoms with Crippen molar-refractivity contribution in [3.63, 3.8) is 0 Å². The van der Waals surface area contributed by atoms with Gasteiger partial charge in [0.15, 0.2) is 5.84 Å². The lowest BCUT2D eigenvalue weighted by atomic mass is 9.91. The summed E-state index contributed by atoms with van der Waals surface area (Å²) in [4.78, 5) is 2.41. The fraction of sp³-hybridized carbons (Fsp3) is 0.500. The van der Waals surface area contributed by atoms with Crippen LogP contribution in [0, 0.1) is 11.8 Å². The van der Waals surface area contributed by atoms with Crippen molar-refractivity contribution in [1.29, 1.82) is 0 Å². The van der Waals surface area contributed by atoms with Crippen LogP contribution >= 0.6 is 0 Å². The quantitative estimate of drug-likeness (QED) is 0.365. The van der Waals surface area contributed by atoms with Crippen LogP contribution in [0.15, 0.2) is 29.4 Å². The van der Waals surface area contributed by atoms with E-state index in [2.05, 4.69) is 23.9 Å². The molecule has 2 rings (SSSR count). The van der Waals surface area contributed by atoms with Gasteiger partial charge in [0, 0.05) is 24.3 Å². The number of benzene rings is 1. The molecule has 0 saturated carbocycles. The summed E-state index contributed by atoms with van der Waals surface area (Å²) in [6.45, 7) is 6.81. The van der Waals surface area contributed by atoms with Crippen molar-refractivity contribution in [2.24, 2.45) is 22.7 Å². The van der Waals surface area contributed by atoms with E-state index < -0.39 is 0 Å². The Morgan fingerprint density at radius 3 is 2.28 bits per heavy atom. The molecule has 0 amide bonds. The van der Waals surface area contributed by atoms with Crippen LogP contribution in [0.2, 0.25) is 0 Å². The Labute approximate surface area is 108 Å². The second-order valence-corrected chi connectivity index (χ2v) is 5.38. The number of anilines is 1. The lowest BCUT2D eigenvalue weighted by molar-refractivity contribution is 0.318. The molecule has 0 bridgehead atoms. The molecule has 1 aromatic rings. The van der Waals surface area contributed by atoms with Crippen LogP contribution in [-0.4, -0.2) is 24.1 Å². The van der Waals surface area contributed by atoms with E-state index in [0.717, 1.165) is 30.5 Å². The third kappa shape index (κ3) is 2.75. The Morgan fingerprint density at radius 1 is 1.22 bits per heavy atom. The van der Waals surface area contributed by atoms with Gasteiger partial charge < -0.3 is 15.8 Å². The first-order chi connectivity index (χ1) is 8.60. The van der Waals surface area contributed by atoms with Gasteiger partial charge in [0.1, 0.15) is 0 Å². The van der Waals surface area contributed by atoms with Gasteiger partial charge in [-0.05, 0) is 42.5 Å². The molecule has 0 aliphatic carbocycles. The second-order valence-electron chi connectivity index (χ2n) is 5.38. The summed E-state index contributed by atoms with van der Waals surface area (Å²) in [5.41, 5.74) is 7.51. The van der Waals surface area contributed by atoms with Crippen molar-refractivity contribution in [1.82, 2.24) is 0 Å². The summed E-state index contributed by atoms with van der Waals surface area (Å²) in [5.74, 6) is 1.62. The lowest BCUT2D eigenvalue weighted by Crippen LogP contribution is -2.38. The standard InChI is InChI=1S/C14H21N3O/c1-10-7-11(2)9-17(8-10)13-5-3-12(4-6-13)14(15)16-18/h3-6,10-11,18H,7-9H2,1-2H3,(H2,15,16). The van der Waals surface area contributed by atoms with Crippen LogP contribution in [0.25, 0.3) is 0 Å². The number of hydrogen-bond donors (Lipinski definition) is 2. The summed E-state index contributed by atoms with van der Waals surface area (Å²) >= 11 is 0. The van der Waals surface area contributed by atoms with Gasteiger partial charge in [-0.2, -0.15) is 0 Å². The van der Waals surface area contributed by atoms with Crippen molar-refractivity contribution < 1.29 is 5.21 Å². The SMILES string of the molecule is CC1CC(C)CN(c2ccc(/C(N)=N/O)cc2)C1. The van der Waals surface area contributed by atoms with Crippen molar-refractivity contribution in [3.8, 4) is 0 Å². The highest BCUT2D eigenvalue weighted by Crippen LogP contribution is 2.26. The Balaban J connectivity index is 2.14. The minimum absolute atomic E-state index is 0.155. The summed E-state index contributed by atoms with van der Waals surface area (Å²) in [6.07, 6.45) is 1.30. The topological polar surface area (TPSA) is 61.8 Å². The van der Waals surface area contributed by atoms with Gasteiger partial charge in [-0.1, -0.05) is 19.0 Å². The molecule has 2 atom stereocenters. The summed E-state index contributed by atoms with van der Waals surface area (Å²) in [7, 11) is 0. The highest BCUT2D eigenvalue weighted by Gasteiger charge is 2.21. The van der Waals surface area contributed by atoms with Crippen LogP contribution in [0.3, 0.4) is 0 Å². The van der Waals surface area contributed by atoms with Crippen molar-refractivity contribution >= 4 is 11.5 Å². The Morgan fingerprint density at radius 2 is 1.78 bits per heavy atom. The molecule has 0 aromatic heterocycles. The number of nitrogens with zero attached hydrogens (tertiary/aromatic N) is 2. The summed E-state index contributed by atoms with van der Waals surface area (Å²) in [5, 5.41) is 11.6. The van der Waals surface area contributed by atoms with Gasteiger partial charge in [-0.25, -0.2) is 0 Å². The Hall–Kier alpha value is -1.71. The molecule has 1 aromatic carbocycles. The van der Waals surface area contributed by atoms with E-state index in [4.69, 9.17) is 10.9 Å². The number of amidine groups is 1. The van der Waals surface area contributed by atoms with Gasteiger partial charge >= 0.3 is 0 Å². The maximum atomic E-state index is 8.63. The van der Waals surface area contributed by atoms with Crippen LogP contribution in [0.5, 0.6) is 0 Å². The number of oxime groups is 1. The predicted molar refractivity (Wildman–Crippen MR) is 74.1 cm³/mol. The average molecular weight is 247 g/mol. The first-order valence-corrected chi connectivity index (χ1v) is 6.43. The van der Waals surface area contributed by atoms with Gasteiger partial charge in [0.25, 0.3) is 0 Å². The molecular weight excluding hydrogens is 226 g/mol. The highest BCUT2D eigenvalue weighted by atomic mass is 16.4. The van der Waals surface area contributed by atoms with Crippen molar-refractivity contribution in [2.45, 2.75) is 20.3 Å². The van der Waals surface area contributed by atoms with E-state index >= 15 is 0 Å². The van der Waals surface area contributed by atoms with Gasteiger partial charge in [-0.3, -0.25) is 0 Å². The fourth-order valence-electron chi connectivity index (χ4n) is 2.77. The average Bonchev–Trinajstić information content (AvgIpc) is 2.37. The minimum Gasteiger partial charge on any atom is -0.409 e. The molecule has 1 fully saturated rings. The van der Waals surface area contributed by atoms with E-state index in [0.29, 0.717) is 0 Å². The molecular formula is C14H21N3O. The van der Waals surface area contributed by atoms with E-state index in [9.17, 15) is 0 Å². The monoisotopic (exact) mass is 247 g/mol. The molecule has 98 valence electrons. The second kappa shape index (κ2) is 5.29. The largest absolute Gasteiger partial charge is 0.409 e. The molecule has 4 heteroatoms. The molecule has 1 aliphatic heterocycles. The molecule has 4 nitrogen and oxygen atoms in total. The molecule has 18 heavy (non-hydrogen) atoms. The number of piperidine rings is 1. The first-order valence-electron chi connectivity index (χ1n) is 6.43. The van der Waals surface area contributed by atoms with E-state index in [1.54, 1.807) is 0 Å². The zero-order valence-corrected chi connectivity index (χ0v) is 11.0. The molecule has 1 aliphatic rings. The van der Waals surface area contributed by atoms with Gasteiger partial charge in [0.05, 0.1) is 0 Å². The molecule has 0 spiro atoms. The van der Waals surface area contributed by atoms with Gasteiger partial charge in [-0.15, -0.1) is 0 Å². The molecule has 1 saturated heterocycles. The predicted octanol–water partition coefficient (Wildman–Crippen LogP) is 2.26. The summed E-state index contributed by atoms with van der Waals surface area (Å²) in [6, 6.07) is 7.87. The zero-order chi connectivity index (χ0) is 13.1. The molecule has 2 unspecified atom stereocenters. The van der Waals surface area contributed by atoms with E-state index in [-0.39, 0.29) is 5.84 Å². The van der Waals surface area contributed by atoms with Crippen LogP contribution in [0.1, 0.15) is 25.8 Å². The molecule has 3 N–H and O–H groups in total. The Kier molecular flexibility index (Phi) is 3.75. The van der Waals surface area contributed by atoms with E-state index in [1.807, 2.05) is 24.3 Å². The van der Waals surface area contributed by atoms with Crippen LogP contribution < -0.4 is 10.6 Å². The number of rotatable bonds is 2. The maximum absolute atomic E-state index is 8.63. The van der Waals surface area contributed by atoms with Crippen molar-refractivity contribution in [2.75, 3.05) is 18.0 Å². The zero-order valence-electron chi connectivity index (χ0n) is 11.0. The molecule has 1 heterocycles. The lowest BCUT2D eigenvalue weighted by Gasteiger charge is -2.36. The third-order valence-electron chi connectivity index (χ3n) is 3.50. The minimum atomic E-state index is 0.155. The third-order valence-corrected chi connectivity index (χ3v) is 3.50.